The Hall–Kier alpha value is -5.13. The summed E-state index contributed by atoms with van der Waals surface area (Å²) in [6.45, 7) is 42.0. The third kappa shape index (κ3) is 8.01. The predicted octanol–water partition coefficient (Wildman–Crippen LogP) is 15.8. The molecule has 0 fully saturated rings. The maximum atomic E-state index is 5.47. The number of hydrogen-bond acceptors (Lipinski definition) is 4. The van der Waals surface area contributed by atoms with E-state index in [4.69, 9.17) is 4.98 Å². The normalized spacial score (nSPS) is 14.4. The average Bonchev–Trinajstić information content (AvgIpc) is 3.66. The molecule has 0 spiro atoms. The maximum Gasteiger partial charge on any atom is 0.252 e. The molecule has 7 aromatic rings. The first-order valence-corrected chi connectivity index (χ1v) is 25.1. The number of nitrogens with zero attached hydrogens (tertiary/aromatic N) is 3. The van der Waals surface area contributed by atoms with Crippen LogP contribution in [0.15, 0.2) is 109 Å². The van der Waals surface area contributed by atoms with Crippen molar-refractivity contribution in [3.8, 4) is 10.6 Å². The first kappa shape index (κ1) is 46.0. The molecule has 0 bridgehead atoms. The Morgan fingerprint density at radius 3 is 1.38 bits per heavy atom. The van der Waals surface area contributed by atoms with Gasteiger partial charge in [0.25, 0.3) is 6.71 Å². The third-order valence-corrected chi connectivity index (χ3v) is 15.3. The Morgan fingerprint density at radius 1 is 0.394 bits per heavy atom. The number of benzene rings is 6. The fraction of sp³-hybridized carbons (Fsp3) is 0.393. The number of rotatable bonds is 3. The van der Waals surface area contributed by atoms with Crippen molar-refractivity contribution in [2.24, 2.45) is 0 Å². The Bertz CT molecular complexity index is 2990. The highest BCUT2D eigenvalue weighted by molar-refractivity contribution is 7.22. The van der Waals surface area contributed by atoms with Gasteiger partial charge < -0.3 is 9.80 Å². The zero-order valence-corrected chi connectivity index (χ0v) is 44.0. The lowest BCUT2D eigenvalue weighted by molar-refractivity contribution is 0.568. The molecule has 2 aliphatic heterocycles. The van der Waals surface area contributed by atoms with Crippen LogP contribution >= 0.6 is 11.3 Å². The fourth-order valence-electron chi connectivity index (χ4n) is 9.86. The smallest absolute Gasteiger partial charge is 0.252 e. The second kappa shape index (κ2) is 15.2. The van der Waals surface area contributed by atoms with E-state index in [0.717, 1.165) is 16.1 Å². The van der Waals surface area contributed by atoms with Gasteiger partial charge in [-0.25, -0.2) is 4.98 Å². The fourth-order valence-corrected chi connectivity index (χ4v) is 11.0. The van der Waals surface area contributed by atoms with Crippen molar-refractivity contribution in [2.45, 2.75) is 157 Å². The van der Waals surface area contributed by atoms with Gasteiger partial charge in [-0.3, -0.25) is 0 Å². The molecule has 0 amide bonds. The zero-order valence-electron chi connectivity index (χ0n) is 43.2. The number of anilines is 6. The van der Waals surface area contributed by atoms with Crippen LogP contribution in [0.4, 0.5) is 34.1 Å². The molecule has 340 valence electrons. The number of hydrogen-bond donors (Lipinski definition) is 0. The van der Waals surface area contributed by atoms with Crippen molar-refractivity contribution in [3.63, 3.8) is 0 Å². The molecule has 0 atom stereocenters. The van der Waals surface area contributed by atoms with Gasteiger partial charge in [0.1, 0.15) is 5.01 Å². The van der Waals surface area contributed by atoms with Gasteiger partial charge in [0.15, 0.2) is 0 Å². The van der Waals surface area contributed by atoms with Gasteiger partial charge in [-0.2, -0.15) is 0 Å². The Balaban J connectivity index is 1.43. The van der Waals surface area contributed by atoms with Crippen LogP contribution in [0.1, 0.15) is 158 Å². The molecular formula is C61H72BN3S. The van der Waals surface area contributed by atoms with E-state index < -0.39 is 0 Å². The molecule has 3 nitrogen and oxygen atoms in total. The average molecular weight is 890 g/mol. The van der Waals surface area contributed by atoms with Gasteiger partial charge >= 0.3 is 0 Å². The molecule has 3 heterocycles. The minimum Gasteiger partial charge on any atom is -0.311 e. The molecule has 66 heavy (non-hydrogen) atoms. The first-order chi connectivity index (χ1) is 30.5. The van der Waals surface area contributed by atoms with Gasteiger partial charge in [0, 0.05) is 34.0 Å². The number of thiazole rings is 1. The second-order valence-electron chi connectivity index (χ2n) is 25.6. The monoisotopic (exact) mass is 890 g/mol. The van der Waals surface area contributed by atoms with Crippen molar-refractivity contribution < 1.29 is 0 Å². The SMILES string of the molecule is CC(C)(C)c1ccc(-c2nc3ccc4c(c3s2)N(c2cc(C(C)(C)C)cc(C(C)(C)C)c2)c2cc(C(C)(C)C)cc3c2B4c2cc(C(C)(C)C)ccc2N3c2ccc(C(C)(C)C)cc2)cc1. The topological polar surface area (TPSA) is 19.4 Å². The van der Waals surface area contributed by atoms with E-state index in [1.807, 2.05) is 11.3 Å². The summed E-state index contributed by atoms with van der Waals surface area (Å²) in [7, 11) is 0. The summed E-state index contributed by atoms with van der Waals surface area (Å²) in [4.78, 5) is 10.7. The predicted molar refractivity (Wildman–Crippen MR) is 291 cm³/mol. The lowest BCUT2D eigenvalue weighted by atomic mass is 9.33. The molecule has 0 aliphatic carbocycles. The largest absolute Gasteiger partial charge is 0.311 e. The quantitative estimate of drug-likeness (QED) is 0.165. The van der Waals surface area contributed by atoms with Crippen LogP contribution in [0.2, 0.25) is 0 Å². The molecule has 2 aliphatic rings. The summed E-state index contributed by atoms with van der Waals surface area (Å²) < 4.78 is 1.22. The molecule has 0 radical (unpaired) electrons. The van der Waals surface area contributed by atoms with Crippen molar-refractivity contribution in [2.75, 3.05) is 9.80 Å². The Kier molecular flexibility index (Phi) is 10.6. The van der Waals surface area contributed by atoms with Crippen LogP contribution in [0.25, 0.3) is 20.8 Å². The van der Waals surface area contributed by atoms with Crippen molar-refractivity contribution in [1.29, 1.82) is 0 Å². The maximum absolute atomic E-state index is 5.47. The zero-order chi connectivity index (χ0) is 47.8. The summed E-state index contributed by atoms with van der Waals surface area (Å²) in [5, 5.41) is 1.05. The van der Waals surface area contributed by atoms with Crippen LogP contribution in [0.5, 0.6) is 0 Å². The van der Waals surface area contributed by atoms with Crippen LogP contribution < -0.4 is 26.2 Å². The van der Waals surface area contributed by atoms with Crippen molar-refractivity contribution in [3.05, 3.63) is 143 Å². The van der Waals surface area contributed by atoms with Gasteiger partial charge in [0.2, 0.25) is 0 Å². The van der Waals surface area contributed by atoms with Crippen molar-refractivity contribution >= 4 is 78.8 Å². The van der Waals surface area contributed by atoms with Gasteiger partial charge in [-0.1, -0.05) is 185 Å². The summed E-state index contributed by atoms with van der Waals surface area (Å²) >= 11 is 1.84. The standard InChI is InChI=1S/C61H72BN3S/c1-56(2,3)38-21-19-37(20-22-38)55-63-48-29-28-46-53(54(48)66-55)65(45-32-41(59(10,11)12)31-42(33-45)60(13,14)15)51-36-43(61(16,17)18)35-50-52(51)62(46)47-34-40(58(7,8)9)25-30-49(47)64(50)44-26-23-39(24-27-44)57(4,5)6/h19-36H,1-18H3. The minimum atomic E-state index is -0.127. The molecule has 9 rings (SSSR count). The summed E-state index contributed by atoms with van der Waals surface area (Å²) in [6.07, 6.45) is 0. The number of aromatic nitrogens is 1. The third-order valence-electron chi connectivity index (χ3n) is 14.2. The minimum absolute atomic E-state index is 0.00780. The van der Waals surface area contributed by atoms with Crippen LogP contribution in [0.3, 0.4) is 0 Å². The Morgan fingerprint density at radius 2 is 0.864 bits per heavy atom. The highest BCUT2D eigenvalue weighted by Gasteiger charge is 2.46. The van der Waals surface area contributed by atoms with E-state index in [2.05, 4.69) is 244 Å². The molecular weight excluding hydrogens is 818 g/mol. The van der Waals surface area contributed by atoms with E-state index in [-0.39, 0.29) is 39.2 Å². The molecule has 0 unspecified atom stereocenters. The lowest BCUT2D eigenvalue weighted by Gasteiger charge is -2.45. The molecule has 5 heteroatoms. The first-order valence-electron chi connectivity index (χ1n) is 24.2. The number of fused-ring (bicyclic) bond motifs is 6. The van der Waals surface area contributed by atoms with Crippen molar-refractivity contribution in [1.82, 2.24) is 4.98 Å². The highest BCUT2D eigenvalue weighted by Crippen LogP contribution is 2.50. The van der Waals surface area contributed by atoms with Crippen LogP contribution in [-0.4, -0.2) is 11.7 Å². The van der Waals surface area contributed by atoms with Gasteiger partial charge in [0.05, 0.1) is 15.9 Å². The highest BCUT2D eigenvalue weighted by atomic mass is 32.1. The van der Waals surface area contributed by atoms with E-state index in [0.29, 0.717) is 0 Å². The second-order valence-corrected chi connectivity index (χ2v) is 26.6. The van der Waals surface area contributed by atoms with E-state index >= 15 is 0 Å². The van der Waals surface area contributed by atoms with E-state index in [9.17, 15) is 0 Å². The summed E-state index contributed by atoms with van der Waals surface area (Å²) in [5.74, 6) is 0. The molecule has 6 aromatic carbocycles. The van der Waals surface area contributed by atoms with Crippen LogP contribution in [0, 0.1) is 0 Å². The summed E-state index contributed by atoms with van der Waals surface area (Å²) in [6, 6.07) is 43.1. The molecule has 1 aromatic heterocycles. The molecule has 0 N–H and O–H groups in total. The molecule has 0 saturated heterocycles. The van der Waals surface area contributed by atoms with E-state index in [1.165, 1.54) is 88.6 Å². The summed E-state index contributed by atoms with van der Waals surface area (Å²) in [5.41, 5.74) is 21.4. The molecule has 0 saturated carbocycles. The van der Waals surface area contributed by atoms with Gasteiger partial charge in [-0.15, -0.1) is 11.3 Å². The van der Waals surface area contributed by atoms with Crippen LogP contribution in [-0.2, 0) is 32.5 Å². The van der Waals surface area contributed by atoms with Gasteiger partial charge in [-0.05, 0) is 131 Å². The lowest BCUT2D eigenvalue weighted by Crippen LogP contribution is -2.61. The Labute approximate surface area is 401 Å². The van der Waals surface area contributed by atoms with E-state index in [1.54, 1.807) is 0 Å².